The van der Waals surface area contributed by atoms with E-state index in [0.29, 0.717) is 18.8 Å². The Kier molecular flexibility index (Phi) is 4.78. The van der Waals surface area contributed by atoms with Crippen LogP contribution in [0.25, 0.3) is 0 Å². The van der Waals surface area contributed by atoms with Crippen molar-refractivity contribution in [2.24, 2.45) is 0 Å². The number of hydrogen-bond donors (Lipinski definition) is 1. The third-order valence-corrected chi connectivity index (χ3v) is 3.83. The Hall–Kier alpha value is -0.870. The van der Waals surface area contributed by atoms with Gasteiger partial charge in [0.1, 0.15) is 0 Å². The molecular formula is C14H25N3O. The second-order valence-corrected chi connectivity index (χ2v) is 5.17. The highest BCUT2D eigenvalue weighted by Gasteiger charge is 2.20. The number of ether oxygens (including phenoxy) is 1. The summed E-state index contributed by atoms with van der Waals surface area (Å²) in [6.45, 7) is 5.77. The molecule has 1 saturated carbocycles. The molecule has 1 aromatic rings. The van der Waals surface area contributed by atoms with Gasteiger partial charge in [0.05, 0.1) is 24.1 Å². The molecule has 1 fully saturated rings. The van der Waals surface area contributed by atoms with Crippen LogP contribution in [0.2, 0.25) is 0 Å². The molecule has 0 aromatic carbocycles. The van der Waals surface area contributed by atoms with Gasteiger partial charge in [-0.1, -0.05) is 0 Å². The average molecular weight is 251 g/mol. The molecule has 2 rings (SSSR count). The zero-order chi connectivity index (χ0) is 13.0. The minimum absolute atomic E-state index is 0.426. The number of aromatic nitrogens is 2. The van der Waals surface area contributed by atoms with Gasteiger partial charge in [0.25, 0.3) is 0 Å². The smallest absolute Gasteiger partial charge is 0.0888 e. The first kappa shape index (κ1) is 13.6. The van der Waals surface area contributed by atoms with E-state index in [4.69, 9.17) is 4.74 Å². The Morgan fingerprint density at radius 3 is 2.72 bits per heavy atom. The van der Waals surface area contributed by atoms with Gasteiger partial charge < -0.3 is 10.1 Å². The number of nitrogens with one attached hydrogen (secondary N) is 1. The number of hydrogen-bond acceptors (Lipinski definition) is 3. The highest BCUT2D eigenvalue weighted by Crippen LogP contribution is 2.22. The fourth-order valence-electron chi connectivity index (χ4n) is 2.71. The van der Waals surface area contributed by atoms with Crippen LogP contribution in [0.5, 0.6) is 0 Å². The third-order valence-electron chi connectivity index (χ3n) is 3.83. The Bertz CT molecular complexity index is 367. The van der Waals surface area contributed by atoms with Gasteiger partial charge in [-0.2, -0.15) is 5.10 Å². The van der Waals surface area contributed by atoms with Crippen LogP contribution in [0.15, 0.2) is 6.07 Å². The first-order chi connectivity index (χ1) is 8.72. The summed E-state index contributed by atoms with van der Waals surface area (Å²) in [5, 5.41) is 7.80. The molecule has 0 saturated heterocycles. The van der Waals surface area contributed by atoms with Gasteiger partial charge in [0.2, 0.25) is 0 Å². The van der Waals surface area contributed by atoms with Gasteiger partial charge in [-0.25, -0.2) is 0 Å². The summed E-state index contributed by atoms with van der Waals surface area (Å²) >= 11 is 0. The van der Waals surface area contributed by atoms with E-state index in [2.05, 4.69) is 30.5 Å². The van der Waals surface area contributed by atoms with E-state index < -0.39 is 0 Å². The standard InChI is InChI=1S/C14H25N3O/c1-4-17-13(9-11(2)16-17)10-18-14-7-5-12(15-3)6-8-14/h9,12,14-15H,4-8,10H2,1-3H3. The average Bonchev–Trinajstić information content (AvgIpc) is 2.77. The fourth-order valence-corrected chi connectivity index (χ4v) is 2.71. The predicted molar refractivity (Wildman–Crippen MR) is 72.5 cm³/mol. The molecule has 4 heteroatoms. The lowest BCUT2D eigenvalue weighted by atomic mass is 9.93. The quantitative estimate of drug-likeness (QED) is 0.872. The molecule has 0 atom stereocenters. The monoisotopic (exact) mass is 251 g/mol. The third kappa shape index (κ3) is 3.33. The molecule has 1 aliphatic rings. The normalized spacial score (nSPS) is 24.4. The molecule has 0 radical (unpaired) electrons. The lowest BCUT2D eigenvalue weighted by Gasteiger charge is -2.28. The molecule has 1 aliphatic carbocycles. The van der Waals surface area contributed by atoms with Crippen molar-refractivity contribution in [1.82, 2.24) is 15.1 Å². The molecule has 1 aromatic heterocycles. The maximum atomic E-state index is 6.03. The molecule has 0 amide bonds. The SMILES string of the molecule is CCn1nc(C)cc1COC1CCC(NC)CC1. The molecule has 0 bridgehead atoms. The molecule has 18 heavy (non-hydrogen) atoms. The van der Waals surface area contributed by atoms with Crippen molar-refractivity contribution in [2.45, 2.75) is 64.8 Å². The molecule has 0 unspecified atom stereocenters. The minimum Gasteiger partial charge on any atom is -0.372 e. The summed E-state index contributed by atoms with van der Waals surface area (Å²) in [6.07, 6.45) is 5.23. The molecule has 0 aliphatic heterocycles. The second-order valence-electron chi connectivity index (χ2n) is 5.17. The zero-order valence-corrected chi connectivity index (χ0v) is 11.8. The van der Waals surface area contributed by atoms with Crippen molar-refractivity contribution in [2.75, 3.05) is 7.05 Å². The summed E-state index contributed by atoms with van der Waals surface area (Å²) in [5.74, 6) is 0. The Balaban J connectivity index is 1.81. The van der Waals surface area contributed by atoms with E-state index in [-0.39, 0.29) is 0 Å². The van der Waals surface area contributed by atoms with Crippen molar-refractivity contribution in [3.05, 3.63) is 17.5 Å². The summed E-state index contributed by atoms with van der Waals surface area (Å²) in [7, 11) is 2.05. The fraction of sp³-hybridized carbons (Fsp3) is 0.786. The Morgan fingerprint density at radius 2 is 2.11 bits per heavy atom. The van der Waals surface area contributed by atoms with E-state index in [0.717, 1.165) is 12.2 Å². The van der Waals surface area contributed by atoms with Crippen molar-refractivity contribution in [1.29, 1.82) is 0 Å². The second kappa shape index (κ2) is 6.34. The van der Waals surface area contributed by atoms with Gasteiger partial charge in [0.15, 0.2) is 0 Å². The Labute approximate surface area is 110 Å². The zero-order valence-electron chi connectivity index (χ0n) is 11.8. The molecule has 102 valence electrons. The van der Waals surface area contributed by atoms with E-state index in [1.807, 2.05) is 11.6 Å². The first-order valence-corrected chi connectivity index (χ1v) is 7.05. The molecular weight excluding hydrogens is 226 g/mol. The predicted octanol–water partition coefficient (Wildman–Crippen LogP) is 2.26. The number of aryl methyl sites for hydroxylation is 2. The molecule has 0 spiro atoms. The summed E-state index contributed by atoms with van der Waals surface area (Å²) in [6, 6.07) is 2.82. The van der Waals surface area contributed by atoms with Gasteiger partial charge in [0, 0.05) is 12.6 Å². The van der Waals surface area contributed by atoms with E-state index >= 15 is 0 Å². The van der Waals surface area contributed by atoms with Crippen LogP contribution in [0.1, 0.15) is 44.0 Å². The van der Waals surface area contributed by atoms with Crippen LogP contribution >= 0.6 is 0 Å². The van der Waals surface area contributed by atoms with Crippen LogP contribution in [0, 0.1) is 6.92 Å². The molecule has 4 nitrogen and oxygen atoms in total. The van der Waals surface area contributed by atoms with Crippen LogP contribution in [-0.4, -0.2) is 29.0 Å². The van der Waals surface area contributed by atoms with Crippen molar-refractivity contribution in [3.63, 3.8) is 0 Å². The van der Waals surface area contributed by atoms with E-state index in [1.54, 1.807) is 0 Å². The van der Waals surface area contributed by atoms with E-state index in [9.17, 15) is 0 Å². The molecule has 1 heterocycles. The maximum Gasteiger partial charge on any atom is 0.0888 e. The van der Waals surface area contributed by atoms with Gasteiger partial charge >= 0.3 is 0 Å². The number of nitrogens with zero attached hydrogens (tertiary/aromatic N) is 2. The van der Waals surface area contributed by atoms with Crippen molar-refractivity contribution >= 4 is 0 Å². The topological polar surface area (TPSA) is 39.1 Å². The summed E-state index contributed by atoms with van der Waals surface area (Å²) in [4.78, 5) is 0. The van der Waals surface area contributed by atoms with Crippen LogP contribution in [0.3, 0.4) is 0 Å². The van der Waals surface area contributed by atoms with Crippen LogP contribution in [0.4, 0.5) is 0 Å². The maximum absolute atomic E-state index is 6.03. The van der Waals surface area contributed by atoms with Gasteiger partial charge in [-0.3, -0.25) is 4.68 Å². The minimum atomic E-state index is 0.426. The first-order valence-electron chi connectivity index (χ1n) is 7.05. The van der Waals surface area contributed by atoms with Crippen LogP contribution < -0.4 is 5.32 Å². The lowest BCUT2D eigenvalue weighted by molar-refractivity contribution is 0.00872. The van der Waals surface area contributed by atoms with Crippen molar-refractivity contribution in [3.8, 4) is 0 Å². The summed E-state index contributed by atoms with van der Waals surface area (Å²) in [5.41, 5.74) is 2.28. The van der Waals surface area contributed by atoms with Crippen LogP contribution in [-0.2, 0) is 17.9 Å². The van der Waals surface area contributed by atoms with Gasteiger partial charge in [-0.15, -0.1) is 0 Å². The van der Waals surface area contributed by atoms with Crippen molar-refractivity contribution < 1.29 is 4.74 Å². The largest absolute Gasteiger partial charge is 0.372 e. The number of rotatable bonds is 5. The Morgan fingerprint density at radius 1 is 1.39 bits per heavy atom. The lowest BCUT2D eigenvalue weighted by Crippen LogP contribution is -2.33. The summed E-state index contributed by atoms with van der Waals surface area (Å²) < 4.78 is 8.07. The highest BCUT2D eigenvalue weighted by atomic mass is 16.5. The van der Waals surface area contributed by atoms with Gasteiger partial charge in [-0.05, 0) is 52.6 Å². The van der Waals surface area contributed by atoms with E-state index in [1.165, 1.54) is 31.4 Å². The highest BCUT2D eigenvalue weighted by molar-refractivity contribution is 5.07. The molecule has 1 N–H and O–H groups in total.